The highest BCUT2D eigenvalue weighted by Gasteiger charge is 2.24. The number of benzene rings is 3. The van der Waals surface area contributed by atoms with Crippen LogP contribution in [0.3, 0.4) is 0 Å². The summed E-state index contributed by atoms with van der Waals surface area (Å²) >= 11 is 0. The molecule has 3 aromatic rings. The molecule has 0 aliphatic rings. The van der Waals surface area contributed by atoms with Gasteiger partial charge in [-0.25, -0.2) is 13.2 Å². The molecule has 2 atom stereocenters. The van der Waals surface area contributed by atoms with Crippen molar-refractivity contribution in [3.63, 3.8) is 0 Å². The number of hydrogen-bond acceptors (Lipinski definition) is 1. The van der Waals surface area contributed by atoms with E-state index in [2.05, 4.69) is 19.1 Å². The van der Waals surface area contributed by atoms with Crippen molar-refractivity contribution in [3.05, 3.63) is 89.0 Å². The van der Waals surface area contributed by atoms with E-state index in [0.717, 1.165) is 30.4 Å². The van der Waals surface area contributed by atoms with Gasteiger partial charge in [0, 0.05) is 0 Å². The molecule has 3 aromatic carbocycles. The van der Waals surface area contributed by atoms with E-state index in [0.29, 0.717) is 6.42 Å². The fourth-order valence-electron chi connectivity index (χ4n) is 3.52. The summed E-state index contributed by atoms with van der Waals surface area (Å²) in [5.41, 5.74) is 3.55. The molecule has 1 nitrogen and oxygen atoms in total. The zero-order chi connectivity index (χ0) is 23.1. The molecule has 5 heteroatoms. The molecule has 0 saturated heterocycles. The summed E-state index contributed by atoms with van der Waals surface area (Å²) in [6, 6.07) is 17.4. The van der Waals surface area contributed by atoms with Crippen molar-refractivity contribution in [2.24, 2.45) is 0 Å². The van der Waals surface area contributed by atoms with Gasteiger partial charge in [-0.15, -0.1) is 0 Å². The van der Waals surface area contributed by atoms with E-state index in [9.17, 15) is 17.6 Å². The second-order valence-corrected chi connectivity index (χ2v) is 7.86. The number of ether oxygens (including phenoxy) is 1. The van der Waals surface area contributed by atoms with Gasteiger partial charge in [-0.1, -0.05) is 74.9 Å². The third kappa shape index (κ3) is 5.70. The van der Waals surface area contributed by atoms with Gasteiger partial charge in [0.25, 0.3) is 0 Å². The van der Waals surface area contributed by atoms with Gasteiger partial charge in [-0.3, -0.25) is 0 Å². The lowest BCUT2D eigenvalue weighted by atomic mass is 9.99. The fourth-order valence-corrected chi connectivity index (χ4v) is 3.52. The van der Waals surface area contributed by atoms with E-state index in [1.54, 1.807) is 19.1 Å². The van der Waals surface area contributed by atoms with Crippen LogP contribution >= 0.6 is 0 Å². The predicted octanol–water partition coefficient (Wildman–Crippen LogP) is 7.96. The summed E-state index contributed by atoms with van der Waals surface area (Å²) in [6.07, 6.45) is -0.314. The van der Waals surface area contributed by atoms with E-state index in [1.165, 1.54) is 29.8 Å². The highest BCUT2D eigenvalue weighted by Crippen LogP contribution is 2.29. The van der Waals surface area contributed by atoms with E-state index < -0.39 is 36.3 Å². The topological polar surface area (TPSA) is 9.23 Å². The fraction of sp³-hybridized carbons (Fsp3) is 0.333. The Balaban J connectivity index is 1.61. The van der Waals surface area contributed by atoms with E-state index in [4.69, 9.17) is 4.74 Å². The molecule has 2 unspecified atom stereocenters. The van der Waals surface area contributed by atoms with E-state index in [1.807, 2.05) is 12.1 Å². The van der Waals surface area contributed by atoms with Crippen LogP contribution in [0.15, 0.2) is 60.7 Å². The molecule has 0 N–H and O–H groups in total. The van der Waals surface area contributed by atoms with Gasteiger partial charge in [-0.05, 0) is 53.1 Å². The van der Waals surface area contributed by atoms with Gasteiger partial charge in [0.05, 0.1) is 0 Å². The van der Waals surface area contributed by atoms with Crippen LogP contribution in [-0.2, 0) is 12.8 Å². The maximum atomic E-state index is 14.6. The SMILES string of the molecule is CCCCc1ccc(-c2ccc(C(F)C(F)COc3ccc(CC)c(F)c3F)cc2)cc1. The monoisotopic (exact) mass is 444 g/mol. The Morgan fingerprint density at radius 2 is 1.41 bits per heavy atom. The smallest absolute Gasteiger partial charge is 0.200 e. The number of unbranched alkanes of at least 4 members (excludes halogenated alkanes) is 1. The molecule has 3 rings (SSSR count). The molecule has 0 spiro atoms. The summed E-state index contributed by atoms with van der Waals surface area (Å²) in [4.78, 5) is 0. The number of hydrogen-bond donors (Lipinski definition) is 0. The molecule has 170 valence electrons. The highest BCUT2D eigenvalue weighted by molar-refractivity contribution is 5.64. The van der Waals surface area contributed by atoms with Crippen molar-refractivity contribution in [2.75, 3.05) is 6.61 Å². The Hall–Kier alpha value is -2.82. The highest BCUT2D eigenvalue weighted by atomic mass is 19.2. The zero-order valence-corrected chi connectivity index (χ0v) is 18.4. The van der Waals surface area contributed by atoms with E-state index >= 15 is 0 Å². The van der Waals surface area contributed by atoms with Gasteiger partial charge in [0.15, 0.2) is 23.9 Å². The molecule has 0 aromatic heterocycles. The quantitative estimate of drug-likeness (QED) is 0.288. The van der Waals surface area contributed by atoms with E-state index in [-0.39, 0.29) is 11.1 Å². The lowest BCUT2D eigenvalue weighted by Crippen LogP contribution is -2.19. The van der Waals surface area contributed by atoms with Gasteiger partial charge in [0.2, 0.25) is 5.82 Å². The molecule has 0 heterocycles. The van der Waals surface area contributed by atoms with Crippen molar-refractivity contribution in [1.29, 1.82) is 0 Å². The first-order chi connectivity index (χ1) is 15.4. The summed E-state index contributed by atoms with van der Waals surface area (Å²) in [5, 5.41) is 0. The molecule has 0 fully saturated rings. The maximum Gasteiger partial charge on any atom is 0.200 e. The number of halogens is 4. The standard InChI is InChI=1S/C27H28F4O/c1-3-5-6-18-7-9-20(10-8-18)21-11-13-22(14-12-21)25(29)23(28)17-32-24-16-15-19(4-2)26(30)27(24)31/h7-16,23,25H,3-6,17H2,1-2H3. The second-order valence-electron chi connectivity index (χ2n) is 7.86. The number of rotatable bonds is 10. The first-order valence-corrected chi connectivity index (χ1v) is 11.0. The lowest BCUT2D eigenvalue weighted by molar-refractivity contribution is 0.106. The van der Waals surface area contributed by atoms with Crippen LogP contribution in [0, 0.1) is 11.6 Å². The summed E-state index contributed by atoms with van der Waals surface area (Å²) in [6.45, 7) is 3.13. The Morgan fingerprint density at radius 1 is 0.781 bits per heavy atom. The molecule has 32 heavy (non-hydrogen) atoms. The Bertz CT molecular complexity index is 999. The molecule has 0 aliphatic carbocycles. The lowest BCUT2D eigenvalue weighted by Gasteiger charge is -2.16. The molecule has 0 saturated carbocycles. The number of alkyl halides is 2. The minimum Gasteiger partial charge on any atom is -0.487 e. The Kier molecular flexibility index (Phi) is 8.32. The molecular formula is C27H28F4O. The molecular weight excluding hydrogens is 416 g/mol. The predicted molar refractivity (Wildman–Crippen MR) is 120 cm³/mol. The van der Waals surface area contributed by atoms with Crippen molar-refractivity contribution in [2.45, 2.75) is 51.9 Å². The number of aryl methyl sites for hydroxylation is 2. The van der Waals surface area contributed by atoms with Crippen molar-refractivity contribution in [3.8, 4) is 16.9 Å². The first kappa shape index (κ1) is 23.8. The van der Waals surface area contributed by atoms with Crippen LogP contribution in [0.2, 0.25) is 0 Å². The van der Waals surface area contributed by atoms with Crippen molar-refractivity contribution < 1.29 is 22.3 Å². The molecule has 0 radical (unpaired) electrons. The Morgan fingerprint density at radius 3 is 2.00 bits per heavy atom. The normalized spacial score (nSPS) is 13.1. The minimum atomic E-state index is -2.02. The zero-order valence-electron chi connectivity index (χ0n) is 18.4. The average Bonchev–Trinajstić information content (AvgIpc) is 2.83. The van der Waals surface area contributed by atoms with Crippen molar-refractivity contribution in [1.82, 2.24) is 0 Å². The third-order valence-electron chi connectivity index (χ3n) is 5.56. The first-order valence-electron chi connectivity index (χ1n) is 11.0. The van der Waals surface area contributed by atoms with Gasteiger partial charge in [0.1, 0.15) is 6.61 Å². The van der Waals surface area contributed by atoms with Crippen LogP contribution in [0.1, 0.15) is 49.6 Å². The summed E-state index contributed by atoms with van der Waals surface area (Å²) < 4.78 is 61.9. The van der Waals surface area contributed by atoms with Crippen LogP contribution in [-0.4, -0.2) is 12.8 Å². The molecule has 0 amide bonds. The Labute approximate surface area is 187 Å². The van der Waals surface area contributed by atoms with Gasteiger partial charge in [-0.2, -0.15) is 4.39 Å². The van der Waals surface area contributed by atoms with Gasteiger partial charge >= 0.3 is 0 Å². The second kappa shape index (κ2) is 11.2. The van der Waals surface area contributed by atoms with Crippen molar-refractivity contribution >= 4 is 0 Å². The minimum absolute atomic E-state index is 0.164. The van der Waals surface area contributed by atoms with Gasteiger partial charge < -0.3 is 4.74 Å². The van der Waals surface area contributed by atoms with Crippen LogP contribution in [0.4, 0.5) is 17.6 Å². The van der Waals surface area contributed by atoms with Crippen LogP contribution in [0.25, 0.3) is 11.1 Å². The maximum absolute atomic E-state index is 14.6. The average molecular weight is 445 g/mol. The molecule has 0 aliphatic heterocycles. The van der Waals surface area contributed by atoms with Crippen LogP contribution in [0.5, 0.6) is 5.75 Å². The largest absolute Gasteiger partial charge is 0.487 e. The molecule has 0 bridgehead atoms. The summed E-state index contributed by atoms with van der Waals surface area (Å²) in [7, 11) is 0. The summed E-state index contributed by atoms with van der Waals surface area (Å²) in [5.74, 6) is -2.63. The van der Waals surface area contributed by atoms with Crippen LogP contribution < -0.4 is 4.74 Å². The third-order valence-corrected chi connectivity index (χ3v) is 5.56.